The van der Waals surface area contributed by atoms with E-state index in [9.17, 15) is 9.59 Å². The summed E-state index contributed by atoms with van der Waals surface area (Å²) in [4.78, 5) is 31.7. The van der Waals surface area contributed by atoms with Crippen molar-refractivity contribution in [3.63, 3.8) is 0 Å². The third-order valence-electron chi connectivity index (χ3n) is 4.88. The number of nitrogens with zero attached hydrogens (tertiary/aromatic N) is 3. The van der Waals surface area contributed by atoms with Crippen molar-refractivity contribution >= 4 is 22.5 Å². The third kappa shape index (κ3) is 3.77. The highest BCUT2D eigenvalue weighted by Crippen LogP contribution is 2.22. The number of carbonyl (C=O) groups is 1. The third-order valence-corrected chi connectivity index (χ3v) is 4.88. The fraction of sp³-hybridized carbons (Fsp3) is 0.318. The molecule has 5 nitrogen and oxygen atoms in total. The lowest BCUT2D eigenvalue weighted by molar-refractivity contribution is -0.118. The number of aromatic nitrogens is 2. The van der Waals surface area contributed by atoms with Crippen molar-refractivity contribution in [3.8, 4) is 0 Å². The maximum atomic E-state index is 12.8. The number of amides is 1. The Kier molecular flexibility index (Phi) is 5.40. The summed E-state index contributed by atoms with van der Waals surface area (Å²) in [7, 11) is 0. The molecular weight excluding hydrogens is 338 g/mol. The Morgan fingerprint density at radius 1 is 1.11 bits per heavy atom. The second-order valence-electron chi connectivity index (χ2n) is 6.89. The molecule has 0 saturated heterocycles. The zero-order valence-corrected chi connectivity index (χ0v) is 16.3. The van der Waals surface area contributed by atoms with Gasteiger partial charge in [-0.15, -0.1) is 0 Å². The monoisotopic (exact) mass is 363 g/mol. The molecule has 1 aromatic heterocycles. The molecule has 0 aliphatic heterocycles. The second kappa shape index (κ2) is 7.74. The molecule has 3 rings (SSSR count). The van der Waals surface area contributed by atoms with E-state index in [-0.39, 0.29) is 17.9 Å². The highest BCUT2D eigenvalue weighted by molar-refractivity contribution is 5.94. The minimum absolute atomic E-state index is 0.000641. The highest BCUT2D eigenvalue weighted by atomic mass is 16.2. The van der Waals surface area contributed by atoms with Crippen LogP contribution in [0.3, 0.4) is 0 Å². The van der Waals surface area contributed by atoms with Crippen molar-refractivity contribution in [2.75, 3.05) is 11.4 Å². The molecular formula is C22H25N3O2. The van der Waals surface area contributed by atoms with E-state index in [0.29, 0.717) is 18.5 Å². The van der Waals surface area contributed by atoms with Gasteiger partial charge >= 0.3 is 0 Å². The molecule has 0 atom stereocenters. The van der Waals surface area contributed by atoms with Crippen LogP contribution in [0, 0.1) is 20.8 Å². The Labute approximate surface area is 159 Å². The average Bonchev–Trinajstić information content (AvgIpc) is 2.64. The molecule has 0 spiro atoms. The van der Waals surface area contributed by atoms with Gasteiger partial charge in [-0.2, -0.15) is 0 Å². The maximum Gasteiger partial charge on any atom is 0.261 e. The Morgan fingerprint density at radius 3 is 2.59 bits per heavy atom. The Bertz CT molecular complexity index is 1050. The van der Waals surface area contributed by atoms with Crippen LogP contribution in [0.25, 0.3) is 10.9 Å². The summed E-state index contributed by atoms with van der Waals surface area (Å²) >= 11 is 0. The number of hydrogen-bond acceptors (Lipinski definition) is 3. The Morgan fingerprint density at radius 2 is 1.89 bits per heavy atom. The van der Waals surface area contributed by atoms with E-state index in [4.69, 9.17) is 0 Å². The van der Waals surface area contributed by atoms with Crippen LogP contribution in [0.4, 0.5) is 5.69 Å². The first-order valence-corrected chi connectivity index (χ1v) is 9.24. The zero-order chi connectivity index (χ0) is 19.6. The van der Waals surface area contributed by atoms with Crippen LogP contribution in [0.2, 0.25) is 0 Å². The predicted octanol–water partition coefficient (Wildman–Crippen LogP) is 3.76. The topological polar surface area (TPSA) is 55.2 Å². The van der Waals surface area contributed by atoms with E-state index >= 15 is 0 Å². The normalized spacial score (nSPS) is 11.0. The minimum Gasteiger partial charge on any atom is -0.312 e. The van der Waals surface area contributed by atoms with Crippen LogP contribution in [-0.2, 0) is 11.3 Å². The number of aryl methyl sites for hydroxylation is 4. The average molecular weight is 363 g/mol. The van der Waals surface area contributed by atoms with Gasteiger partial charge < -0.3 is 4.90 Å². The first-order valence-electron chi connectivity index (χ1n) is 9.24. The van der Waals surface area contributed by atoms with Gasteiger partial charge in [0.1, 0.15) is 0 Å². The summed E-state index contributed by atoms with van der Waals surface area (Å²) in [5, 5.41) is 0.590. The molecule has 0 radical (unpaired) electrons. The van der Waals surface area contributed by atoms with Gasteiger partial charge in [0, 0.05) is 25.2 Å². The number of para-hydroxylation sites is 1. The highest BCUT2D eigenvalue weighted by Gasteiger charge is 2.16. The van der Waals surface area contributed by atoms with Gasteiger partial charge in [0.2, 0.25) is 5.91 Å². The molecule has 140 valence electrons. The van der Waals surface area contributed by atoms with E-state index in [2.05, 4.69) is 11.1 Å². The quantitative estimate of drug-likeness (QED) is 0.693. The van der Waals surface area contributed by atoms with Gasteiger partial charge in [-0.3, -0.25) is 14.2 Å². The first kappa shape index (κ1) is 18.8. The SMILES string of the molecule is CCN(C(=O)CCn1cnc2c(C)cccc2c1=O)c1ccc(C)cc1C. The Hall–Kier alpha value is -2.95. The smallest absolute Gasteiger partial charge is 0.261 e. The van der Waals surface area contributed by atoms with Gasteiger partial charge in [-0.1, -0.05) is 29.8 Å². The van der Waals surface area contributed by atoms with Crippen molar-refractivity contribution in [1.29, 1.82) is 0 Å². The predicted molar refractivity (Wildman–Crippen MR) is 109 cm³/mol. The number of rotatable bonds is 5. The first-order chi connectivity index (χ1) is 12.9. The fourth-order valence-corrected chi connectivity index (χ4v) is 3.44. The van der Waals surface area contributed by atoms with Crippen molar-refractivity contribution < 1.29 is 4.79 Å². The Balaban J connectivity index is 1.81. The van der Waals surface area contributed by atoms with Crippen LogP contribution in [0.1, 0.15) is 30.0 Å². The van der Waals surface area contributed by atoms with Crippen molar-refractivity contribution in [2.24, 2.45) is 0 Å². The van der Waals surface area contributed by atoms with Crippen LogP contribution in [0.15, 0.2) is 47.5 Å². The zero-order valence-electron chi connectivity index (χ0n) is 16.3. The van der Waals surface area contributed by atoms with Gasteiger partial charge in [0.25, 0.3) is 5.56 Å². The maximum absolute atomic E-state index is 12.8. The number of anilines is 1. The van der Waals surface area contributed by atoms with E-state index in [1.54, 1.807) is 17.3 Å². The summed E-state index contributed by atoms with van der Waals surface area (Å²) in [5.41, 5.74) is 4.75. The van der Waals surface area contributed by atoms with Gasteiger partial charge in [0.05, 0.1) is 17.2 Å². The summed E-state index contributed by atoms with van der Waals surface area (Å²) in [5.74, 6) is 0.000641. The largest absolute Gasteiger partial charge is 0.312 e. The molecule has 1 amide bonds. The standard InChI is InChI=1S/C22H25N3O2/c1-5-25(19-10-9-15(2)13-17(19)4)20(26)11-12-24-14-23-21-16(3)7-6-8-18(21)22(24)27/h6-10,13-14H,5,11-12H2,1-4H3. The minimum atomic E-state index is -0.105. The molecule has 27 heavy (non-hydrogen) atoms. The van der Waals surface area contributed by atoms with Crippen LogP contribution >= 0.6 is 0 Å². The van der Waals surface area contributed by atoms with E-state index < -0.39 is 0 Å². The van der Waals surface area contributed by atoms with Gasteiger partial charge in [0.15, 0.2) is 0 Å². The summed E-state index contributed by atoms with van der Waals surface area (Å²) in [6.07, 6.45) is 1.79. The molecule has 2 aromatic carbocycles. The molecule has 1 heterocycles. The molecule has 0 unspecified atom stereocenters. The number of benzene rings is 2. The second-order valence-corrected chi connectivity index (χ2v) is 6.89. The number of hydrogen-bond donors (Lipinski definition) is 0. The van der Waals surface area contributed by atoms with Crippen molar-refractivity contribution in [1.82, 2.24) is 9.55 Å². The van der Waals surface area contributed by atoms with E-state index in [1.165, 1.54) is 10.1 Å². The summed E-state index contributed by atoms with van der Waals surface area (Å²) < 4.78 is 1.52. The van der Waals surface area contributed by atoms with Crippen molar-refractivity contribution in [3.05, 3.63) is 69.8 Å². The molecule has 0 bridgehead atoms. The van der Waals surface area contributed by atoms with E-state index in [1.807, 2.05) is 52.0 Å². The van der Waals surface area contributed by atoms with Gasteiger partial charge in [-0.25, -0.2) is 4.98 Å². The summed E-state index contributed by atoms with van der Waals surface area (Å²) in [6.45, 7) is 8.85. The lowest BCUT2D eigenvalue weighted by Gasteiger charge is -2.23. The molecule has 0 saturated carbocycles. The van der Waals surface area contributed by atoms with Crippen LogP contribution < -0.4 is 10.5 Å². The molecule has 0 N–H and O–H groups in total. The molecule has 3 aromatic rings. The van der Waals surface area contributed by atoms with Crippen LogP contribution in [0.5, 0.6) is 0 Å². The molecule has 5 heteroatoms. The molecule has 0 aliphatic rings. The summed E-state index contributed by atoms with van der Waals surface area (Å²) in [6, 6.07) is 11.6. The fourth-order valence-electron chi connectivity index (χ4n) is 3.44. The number of fused-ring (bicyclic) bond motifs is 1. The molecule has 0 aliphatic carbocycles. The lowest BCUT2D eigenvalue weighted by Crippen LogP contribution is -2.33. The molecule has 0 fully saturated rings. The lowest BCUT2D eigenvalue weighted by atomic mass is 10.1. The number of carbonyl (C=O) groups excluding carboxylic acids is 1. The van der Waals surface area contributed by atoms with Crippen molar-refractivity contribution in [2.45, 2.75) is 40.7 Å². The van der Waals surface area contributed by atoms with E-state index in [0.717, 1.165) is 22.3 Å². The van der Waals surface area contributed by atoms with Gasteiger partial charge in [-0.05, 0) is 51.0 Å². The van der Waals surface area contributed by atoms with Crippen LogP contribution in [-0.4, -0.2) is 22.0 Å².